The van der Waals surface area contributed by atoms with E-state index in [1.54, 1.807) is 29.5 Å². The Labute approximate surface area is 189 Å². The Morgan fingerprint density at radius 3 is 2.78 bits per heavy atom. The van der Waals surface area contributed by atoms with E-state index < -0.39 is 0 Å². The summed E-state index contributed by atoms with van der Waals surface area (Å²) in [6.45, 7) is 0.331. The number of nitriles is 1. The molecule has 4 aromatic rings. The molecule has 0 atom stereocenters. The number of benzene rings is 3. The van der Waals surface area contributed by atoms with Gasteiger partial charge >= 0.3 is 0 Å². The molecule has 160 valence electrons. The first-order valence-corrected chi connectivity index (χ1v) is 11.0. The summed E-state index contributed by atoms with van der Waals surface area (Å²) in [6.07, 6.45) is 0.958. The third-order valence-corrected chi connectivity index (χ3v) is 6.33. The van der Waals surface area contributed by atoms with Crippen LogP contribution in [0.15, 0.2) is 66.7 Å². The van der Waals surface area contributed by atoms with Crippen LogP contribution in [0.25, 0.3) is 21.2 Å². The SMILES string of the molecule is COc1cc(Cc2cc3cccc(-c4cccc(C(=O)NCCC#N)c4)c3s2)ccc1F. The molecule has 1 heterocycles. The first kappa shape index (κ1) is 21.5. The van der Waals surface area contributed by atoms with Crippen molar-refractivity contribution in [1.82, 2.24) is 5.32 Å². The molecule has 1 N–H and O–H groups in total. The fraction of sp³-hybridized carbons (Fsp3) is 0.154. The summed E-state index contributed by atoms with van der Waals surface area (Å²) in [5.74, 6) is -0.313. The Bertz CT molecular complexity index is 1320. The van der Waals surface area contributed by atoms with Gasteiger partial charge in [-0.1, -0.05) is 36.4 Å². The maximum atomic E-state index is 13.7. The van der Waals surface area contributed by atoms with Gasteiger partial charge in [-0.3, -0.25) is 4.79 Å². The first-order chi connectivity index (χ1) is 15.6. The number of ether oxygens (including phenoxy) is 1. The maximum Gasteiger partial charge on any atom is 0.251 e. The summed E-state index contributed by atoms with van der Waals surface area (Å²) in [5, 5.41) is 12.5. The molecule has 0 aliphatic rings. The minimum Gasteiger partial charge on any atom is -0.494 e. The van der Waals surface area contributed by atoms with Crippen molar-refractivity contribution < 1.29 is 13.9 Å². The van der Waals surface area contributed by atoms with Gasteiger partial charge in [0.15, 0.2) is 11.6 Å². The Morgan fingerprint density at radius 1 is 1.12 bits per heavy atom. The quantitative estimate of drug-likeness (QED) is 0.358. The number of fused-ring (bicyclic) bond motifs is 1. The molecule has 0 saturated carbocycles. The molecule has 1 amide bonds. The van der Waals surface area contributed by atoms with Gasteiger partial charge in [-0.25, -0.2) is 4.39 Å². The van der Waals surface area contributed by atoms with Gasteiger partial charge in [0.05, 0.1) is 19.6 Å². The number of hydrogen-bond acceptors (Lipinski definition) is 4. The van der Waals surface area contributed by atoms with Crippen molar-refractivity contribution in [2.75, 3.05) is 13.7 Å². The lowest BCUT2D eigenvalue weighted by atomic mass is 10.0. The summed E-state index contributed by atoms with van der Waals surface area (Å²) in [7, 11) is 1.46. The molecule has 0 aliphatic carbocycles. The summed E-state index contributed by atoms with van der Waals surface area (Å²) in [4.78, 5) is 13.6. The van der Waals surface area contributed by atoms with Crippen LogP contribution in [0.5, 0.6) is 5.75 Å². The van der Waals surface area contributed by atoms with Crippen LogP contribution in [0.4, 0.5) is 4.39 Å². The highest BCUT2D eigenvalue weighted by atomic mass is 32.1. The number of carbonyl (C=O) groups excluding carboxylic acids is 1. The molecule has 0 bridgehead atoms. The second kappa shape index (κ2) is 9.63. The lowest BCUT2D eigenvalue weighted by Gasteiger charge is -2.07. The average Bonchev–Trinajstić information content (AvgIpc) is 3.23. The number of thiophene rings is 1. The number of hydrogen-bond donors (Lipinski definition) is 1. The lowest BCUT2D eigenvalue weighted by Crippen LogP contribution is -2.24. The van der Waals surface area contributed by atoms with Crippen molar-refractivity contribution in [2.45, 2.75) is 12.8 Å². The first-order valence-electron chi connectivity index (χ1n) is 10.2. The van der Waals surface area contributed by atoms with Crippen LogP contribution in [0.2, 0.25) is 0 Å². The van der Waals surface area contributed by atoms with Crippen LogP contribution in [0.3, 0.4) is 0 Å². The molecule has 0 radical (unpaired) electrons. The topological polar surface area (TPSA) is 62.1 Å². The predicted octanol–water partition coefficient (Wildman–Crippen LogP) is 5.95. The summed E-state index contributed by atoms with van der Waals surface area (Å²) in [6, 6.07) is 22.7. The van der Waals surface area contributed by atoms with E-state index in [2.05, 4.69) is 23.5 Å². The second-order valence-electron chi connectivity index (χ2n) is 7.33. The number of carbonyl (C=O) groups is 1. The zero-order valence-electron chi connectivity index (χ0n) is 17.5. The highest BCUT2D eigenvalue weighted by molar-refractivity contribution is 7.19. The van der Waals surface area contributed by atoms with E-state index in [1.807, 2.05) is 30.3 Å². The number of amides is 1. The van der Waals surface area contributed by atoms with E-state index in [-0.39, 0.29) is 23.9 Å². The number of halogens is 1. The highest BCUT2D eigenvalue weighted by Crippen LogP contribution is 2.36. The fourth-order valence-electron chi connectivity index (χ4n) is 3.61. The lowest BCUT2D eigenvalue weighted by molar-refractivity contribution is 0.0954. The van der Waals surface area contributed by atoms with Crippen LogP contribution in [-0.2, 0) is 6.42 Å². The van der Waals surface area contributed by atoms with E-state index in [1.165, 1.54) is 13.2 Å². The molecule has 1 aromatic heterocycles. The Kier molecular flexibility index (Phi) is 6.48. The van der Waals surface area contributed by atoms with E-state index in [4.69, 9.17) is 10.00 Å². The minimum absolute atomic E-state index is 0.189. The average molecular weight is 445 g/mol. The van der Waals surface area contributed by atoms with Crippen molar-refractivity contribution in [1.29, 1.82) is 5.26 Å². The molecule has 4 nitrogen and oxygen atoms in total. The number of rotatable bonds is 7. The number of nitrogens with zero attached hydrogens (tertiary/aromatic N) is 1. The number of nitrogens with one attached hydrogen (secondary N) is 1. The molecule has 0 spiro atoms. The summed E-state index contributed by atoms with van der Waals surface area (Å²) < 4.78 is 20.0. The van der Waals surface area contributed by atoms with E-state index >= 15 is 0 Å². The standard InChI is InChI=1S/C26H21FN2O2S/c1-31-24-14-17(9-10-23(24)27)13-21-16-19-6-3-8-22(25(19)32-21)18-5-2-7-20(15-18)26(30)29-12-4-11-28/h2-3,5-10,14-16H,4,12-13H2,1H3,(H,29,30). The van der Waals surface area contributed by atoms with Crippen LogP contribution >= 0.6 is 11.3 Å². The molecule has 0 aliphatic heterocycles. The van der Waals surface area contributed by atoms with Gasteiger partial charge in [0, 0.05) is 28.1 Å². The van der Waals surface area contributed by atoms with Gasteiger partial charge < -0.3 is 10.1 Å². The van der Waals surface area contributed by atoms with Gasteiger partial charge in [-0.05, 0) is 52.4 Å². The van der Waals surface area contributed by atoms with Gasteiger partial charge in [0.2, 0.25) is 0 Å². The van der Waals surface area contributed by atoms with Crippen molar-refractivity contribution >= 4 is 27.3 Å². The largest absolute Gasteiger partial charge is 0.494 e. The van der Waals surface area contributed by atoms with E-state index in [0.29, 0.717) is 18.5 Å². The molecular weight excluding hydrogens is 423 g/mol. The maximum absolute atomic E-state index is 13.7. The van der Waals surface area contributed by atoms with Gasteiger partial charge in [0.25, 0.3) is 5.91 Å². The van der Waals surface area contributed by atoms with Gasteiger partial charge in [0.1, 0.15) is 0 Å². The highest BCUT2D eigenvalue weighted by Gasteiger charge is 2.12. The summed E-state index contributed by atoms with van der Waals surface area (Å²) in [5.41, 5.74) is 3.56. The van der Waals surface area contributed by atoms with Crippen LogP contribution < -0.4 is 10.1 Å². The molecule has 4 rings (SSSR count). The number of methoxy groups -OCH3 is 1. The van der Waals surface area contributed by atoms with E-state index in [9.17, 15) is 9.18 Å². The predicted molar refractivity (Wildman–Crippen MR) is 126 cm³/mol. The third kappa shape index (κ3) is 4.63. The van der Waals surface area contributed by atoms with Crippen molar-refractivity contribution in [3.8, 4) is 22.9 Å². The fourth-order valence-corrected chi connectivity index (χ4v) is 4.84. The molecule has 3 aromatic carbocycles. The van der Waals surface area contributed by atoms with Crippen LogP contribution in [-0.4, -0.2) is 19.6 Å². The smallest absolute Gasteiger partial charge is 0.251 e. The molecule has 32 heavy (non-hydrogen) atoms. The molecule has 0 unspecified atom stereocenters. The van der Waals surface area contributed by atoms with Crippen molar-refractivity contribution in [3.05, 3.63) is 88.6 Å². The van der Waals surface area contributed by atoms with Crippen molar-refractivity contribution in [3.63, 3.8) is 0 Å². The van der Waals surface area contributed by atoms with Gasteiger partial charge in [-0.15, -0.1) is 11.3 Å². The minimum atomic E-state index is -0.369. The molecular formula is C26H21FN2O2S. The zero-order valence-corrected chi connectivity index (χ0v) is 18.3. The Balaban J connectivity index is 1.64. The van der Waals surface area contributed by atoms with E-state index in [0.717, 1.165) is 31.7 Å². The van der Waals surface area contributed by atoms with Crippen LogP contribution in [0, 0.1) is 17.1 Å². The molecule has 0 saturated heterocycles. The monoisotopic (exact) mass is 444 g/mol. The normalized spacial score (nSPS) is 10.7. The summed E-state index contributed by atoms with van der Waals surface area (Å²) >= 11 is 1.69. The Hall–Kier alpha value is -3.69. The molecule has 6 heteroatoms. The van der Waals surface area contributed by atoms with Crippen molar-refractivity contribution in [2.24, 2.45) is 0 Å². The van der Waals surface area contributed by atoms with Gasteiger partial charge in [-0.2, -0.15) is 5.26 Å². The Morgan fingerprint density at radius 2 is 1.97 bits per heavy atom. The zero-order chi connectivity index (χ0) is 22.5. The molecule has 0 fully saturated rings. The van der Waals surface area contributed by atoms with Crippen LogP contribution in [0.1, 0.15) is 27.2 Å². The second-order valence-corrected chi connectivity index (χ2v) is 8.46. The third-order valence-electron chi connectivity index (χ3n) is 5.15.